The van der Waals surface area contributed by atoms with Crippen LogP contribution in [-0.4, -0.2) is 13.4 Å². The fourth-order valence-corrected chi connectivity index (χ4v) is 8.87. The summed E-state index contributed by atoms with van der Waals surface area (Å²) in [5.74, 6) is 0. The first-order chi connectivity index (χ1) is 4.41. The van der Waals surface area contributed by atoms with E-state index in [0.29, 0.717) is 0 Å². The van der Waals surface area contributed by atoms with Crippen LogP contribution >= 0.6 is 44.3 Å². The molecule has 0 nitrogen and oxygen atoms in total. The lowest BCUT2D eigenvalue weighted by Gasteiger charge is -2.15. The van der Waals surface area contributed by atoms with E-state index in [4.69, 9.17) is 44.3 Å². The summed E-state index contributed by atoms with van der Waals surface area (Å²) >= 11 is 23.3. The Hall–Kier alpha value is 1.07. The zero-order valence-corrected chi connectivity index (χ0v) is 9.84. The standard InChI is InChI=1S/C4H4Cl4Si2/c5-9(6)1-2-10(7,8)4-3-9/h1-4H. The minimum absolute atomic E-state index is 1.74. The molecule has 0 unspecified atom stereocenters. The third-order valence-electron chi connectivity index (χ3n) is 1.06. The van der Waals surface area contributed by atoms with E-state index in [1.165, 1.54) is 0 Å². The van der Waals surface area contributed by atoms with Crippen LogP contribution in [0.15, 0.2) is 22.8 Å². The molecule has 1 aliphatic heterocycles. The molecule has 10 heavy (non-hydrogen) atoms. The maximum absolute atomic E-state index is 5.83. The van der Waals surface area contributed by atoms with Crippen LogP contribution in [0.2, 0.25) is 0 Å². The van der Waals surface area contributed by atoms with E-state index in [-0.39, 0.29) is 0 Å². The van der Waals surface area contributed by atoms with Crippen molar-refractivity contribution in [1.82, 2.24) is 0 Å². The molecule has 0 bridgehead atoms. The van der Waals surface area contributed by atoms with Crippen LogP contribution in [0.3, 0.4) is 0 Å². The Balaban J connectivity index is 2.81. The van der Waals surface area contributed by atoms with Crippen molar-refractivity contribution in [1.29, 1.82) is 0 Å². The van der Waals surface area contributed by atoms with Crippen molar-refractivity contribution in [3.63, 3.8) is 0 Å². The lowest BCUT2D eigenvalue weighted by Crippen LogP contribution is -2.24. The van der Waals surface area contributed by atoms with Gasteiger partial charge in [-0.3, -0.25) is 0 Å². The molecule has 56 valence electrons. The van der Waals surface area contributed by atoms with Gasteiger partial charge in [0.05, 0.1) is 0 Å². The lowest BCUT2D eigenvalue weighted by atomic mass is 11.2. The van der Waals surface area contributed by atoms with Gasteiger partial charge in [0.2, 0.25) is 0 Å². The quantitative estimate of drug-likeness (QED) is 0.457. The van der Waals surface area contributed by atoms with Gasteiger partial charge in [0, 0.05) is 0 Å². The summed E-state index contributed by atoms with van der Waals surface area (Å²) in [4.78, 5) is 0. The highest BCUT2D eigenvalue weighted by atomic mass is 35.7. The van der Waals surface area contributed by atoms with Crippen molar-refractivity contribution < 1.29 is 0 Å². The normalized spacial score (nSPS) is 26.8. The summed E-state index contributed by atoms with van der Waals surface area (Å²) in [5, 5.41) is 0. The number of hydrogen-bond acceptors (Lipinski definition) is 0. The zero-order chi connectivity index (χ0) is 7.83. The van der Waals surface area contributed by atoms with E-state index >= 15 is 0 Å². The molecule has 1 heterocycles. The average molecular weight is 250 g/mol. The summed E-state index contributed by atoms with van der Waals surface area (Å²) in [7, 11) is 0. The van der Waals surface area contributed by atoms with Crippen LogP contribution in [0.1, 0.15) is 0 Å². The molecule has 0 N–H and O–H groups in total. The van der Waals surface area contributed by atoms with Crippen molar-refractivity contribution in [2.24, 2.45) is 0 Å². The molecule has 6 heteroatoms. The zero-order valence-electron chi connectivity index (χ0n) is 4.82. The van der Waals surface area contributed by atoms with Crippen LogP contribution in [-0.2, 0) is 0 Å². The van der Waals surface area contributed by atoms with Crippen molar-refractivity contribution in [3.8, 4) is 0 Å². The molecule has 0 saturated heterocycles. The molecular weight excluding hydrogens is 246 g/mol. The first-order valence-corrected chi connectivity index (χ1v) is 10.9. The number of halogens is 4. The summed E-state index contributed by atoms with van der Waals surface area (Å²) in [5.41, 5.74) is 6.95. The number of hydrogen-bond donors (Lipinski definition) is 0. The summed E-state index contributed by atoms with van der Waals surface area (Å²) in [6, 6.07) is 0. The van der Waals surface area contributed by atoms with Crippen LogP contribution in [0, 0.1) is 0 Å². The van der Waals surface area contributed by atoms with E-state index in [1.807, 2.05) is 0 Å². The maximum atomic E-state index is 5.83. The smallest absolute Gasteiger partial charge is 0.135 e. The molecule has 0 aromatic heterocycles. The summed E-state index contributed by atoms with van der Waals surface area (Å²) < 4.78 is 0. The monoisotopic (exact) mass is 248 g/mol. The van der Waals surface area contributed by atoms with E-state index in [0.717, 1.165) is 0 Å². The first kappa shape index (κ1) is 9.16. The summed E-state index contributed by atoms with van der Waals surface area (Å²) in [6.45, 7) is -4.46. The first-order valence-electron chi connectivity index (χ1n) is 2.58. The molecule has 0 aromatic rings. The van der Waals surface area contributed by atoms with Crippen LogP contribution < -0.4 is 0 Å². The third-order valence-corrected chi connectivity index (χ3v) is 7.19. The Kier molecular flexibility index (Phi) is 2.61. The molecule has 1 rings (SSSR count). The second kappa shape index (κ2) is 2.85. The second-order valence-electron chi connectivity index (χ2n) is 2.02. The van der Waals surface area contributed by atoms with Crippen LogP contribution in [0.4, 0.5) is 0 Å². The molecule has 0 amide bonds. The Morgan fingerprint density at radius 1 is 0.600 bits per heavy atom. The molecule has 0 radical (unpaired) electrons. The van der Waals surface area contributed by atoms with Gasteiger partial charge < -0.3 is 0 Å². The van der Waals surface area contributed by atoms with E-state index in [1.54, 1.807) is 22.8 Å². The van der Waals surface area contributed by atoms with Gasteiger partial charge in [-0.05, 0) is 0 Å². The second-order valence-corrected chi connectivity index (χ2v) is 14.7. The van der Waals surface area contributed by atoms with Gasteiger partial charge in [-0.2, -0.15) is 0 Å². The summed E-state index contributed by atoms with van der Waals surface area (Å²) in [6.07, 6.45) is 0. The fraction of sp³-hybridized carbons (Fsp3) is 0. The fourth-order valence-electron chi connectivity index (χ4n) is 0.556. The maximum Gasteiger partial charge on any atom is 0.295 e. The van der Waals surface area contributed by atoms with Gasteiger partial charge >= 0.3 is 0 Å². The van der Waals surface area contributed by atoms with Crippen molar-refractivity contribution >= 4 is 57.7 Å². The van der Waals surface area contributed by atoms with Gasteiger partial charge in [0.25, 0.3) is 13.4 Å². The van der Waals surface area contributed by atoms with Crippen LogP contribution in [0.25, 0.3) is 0 Å². The van der Waals surface area contributed by atoms with Crippen molar-refractivity contribution in [2.75, 3.05) is 0 Å². The molecule has 0 aliphatic carbocycles. The van der Waals surface area contributed by atoms with Gasteiger partial charge in [0.1, 0.15) is 0 Å². The molecule has 0 atom stereocenters. The predicted octanol–water partition coefficient (Wildman–Crippen LogP) is 3.11. The largest absolute Gasteiger partial charge is 0.295 e. The minimum Gasteiger partial charge on any atom is -0.135 e. The molecule has 0 saturated carbocycles. The van der Waals surface area contributed by atoms with Crippen molar-refractivity contribution in [2.45, 2.75) is 0 Å². The van der Waals surface area contributed by atoms with E-state index < -0.39 is 13.4 Å². The van der Waals surface area contributed by atoms with Gasteiger partial charge in [-0.15, -0.1) is 44.3 Å². The van der Waals surface area contributed by atoms with Crippen LogP contribution in [0.5, 0.6) is 0 Å². The molecular formula is C4H4Cl4Si2. The van der Waals surface area contributed by atoms with Gasteiger partial charge in [0.15, 0.2) is 0 Å². The Bertz CT molecular complexity index is 157. The highest BCUT2D eigenvalue weighted by molar-refractivity contribution is 7.55. The molecule has 1 aliphatic rings. The molecule has 0 fully saturated rings. The van der Waals surface area contributed by atoms with Gasteiger partial charge in [-0.25, -0.2) is 0 Å². The van der Waals surface area contributed by atoms with E-state index in [9.17, 15) is 0 Å². The van der Waals surface area contributed by atoms with Crippen molar-refractivity contribution in [3.05, 3.63) is 22.8 Å². The Morgan fingerprint density at radius 3 is 1.00 bits per heavy atom. The third kappa shape index (κ3) is 2.60. The predicted molar refractivity (Wildman–Crippen MR) is 53.2 cm³/mol. The molecule has 0 spiro atoms. The Labute approximate surface area is 80.2 Å². The lowest BCUT2D eigenvalue weighted by molar-refractivity contribution is 2.15. The SMILES string of the molecule is Cl[Si]1(Cl)C=C[Si](Cl)(Cl)C=C1. The number of rotatable bonds is 0. The van der Waals surface area contributed by atoms with E-state index in [2.05, 4.69) is 0 Å². The topological polar surface area (TPSA) is 0 Å². The minimum atomic E-state index is -2.23. The molecule has 0 aromatic carbocycles. The Morgan fingerprint density at radius 2 is 0.800 bits per heavy atom. The highest BCUT2D eigenvalue weighted by Gasteiger charge is 2.32. The highest BCUT2D eigenvalue weighted by Crippen LogP contribution is 2.29. The average Bonchev–Trinajstić information content (AvgIpc) is 1.79. The van der Waals surface area contributed by atoms with Gasteiger partial charge in [-0.1, -0.05) is 22.8 Å².